The summed E-state index contributed by atoms with van der Waals surface area (Å²) < 4.78 is 13.9. The van der Waals surface area contributed by atoms with Crippen LogP contribution in [0, 0.1) is 0 Å². The minimum absolute atomic E-state index is 0.845. The van der Waals surface area contributed by atoms with Crippen molar-refractivity contribution in [1.82, 2.24) is 4.98 Å². The third kappa shape index (κ3) is 13.0. The van der Waals surface area contributed by atoms with Crippen molar-refractivity contribution in [3.63, 3.8) is 0 Å². The van der Waals surface area contributed by atoms with Crippen LogP contribution in [-0.2, 0) is 11.3 Å². The highest BCUT2D eigenvalue weighted by Gasteiger charge is 2.18. The number of aromatic nitrogens is 2. The van der Waals surface area contributed by atoms with Gasteiger partial charge in [-0.2, -0.15) is 4.57 Å². The summed E-state index contributed by atoms with van der Waals surface area (Å²) >= 11 is 0. The van der Waals surface area contributed by atoms with Gasteiger partial charge in [-0.15, -0.1) is 0 Å². The zero-order valence-corrected chi connectivity index (χ0v) is 26.9. The molecule has 0 unspecified atom stereocenters. The van der Waals surface area contributed by atoms with E-state index in [0.29, 0.717) is 0 Å². The lowest BCUT2D eigenvalue weighted by Gasteiger charge is -2.08. The second kappa shape index (κ2) is 22.3. The fraction of sp³-hybridized carbons (Fsp3) is 0.676. The van der Waals surface area contributed by atoms with Crippen molar-refractivity contribution in [1.29, 1.82) is 0 Å². The summed E-state index contributed by atoms with van der Waals surface area (Å²) in [4.78, 5) is 4.90. The molecule has 3 aromatic rings. The lowest BCUT2D eigenvalue weighted by molar-refractivity contribution is -0.646. The lowest BCUT2D eigenvalue weighted by atomic mass is 10.1. The van der Waals surface area contributed by atoms with Crippen molar-refractivity contribution < 1.29 is 19.8 Å². The number of aryl methyl sites for hydroxylation is 1. The Morgan fingerprint density at radius 3 is 1.64 bits per heavy atom. The molecule has 5 nitrogen and oxygen atoms in total. The summed E-state index contributed by atoms with van der Waals surface area (Å²) in [6, 6.07) is 14.7. The molecule has 0 fully saturated rings. The van der Waals surface area contributed by atoms with Gasteiger partial charge in [0, 0.05) is 31.8 Å². The third-order valence-electron chi connectivity index (χ3n) is 8.60. The molecule has 0 saturated carbocycles. The zero-order valence-electron chi connectivity index (χ0n) is 26.9. The van der Waals surface area contributed by atoms with E-state index < -0.39 is 0 Å². The van der Waals surface area contributed by atoms with E-state index in [1.54, 1.807) is 7.11 Å². The van der Waals surface area contributed by atoms with Gasteiger partial charge in [0.1, 0.15) is 12.1 Å². The summed E-state index contributed by atoms with van der Waals surface area (Å²) in [5, 5.41) is 0. The van der Waals surface area contributed by atoms with E-state index in [-0.39, 0.29) is 0 Å². The Morgan fingerprint density at radius 2 is 1.07 bits per heavy atom. The van der Waals surface area contributed by atoms with Gasteiger partial charge in [-0.05, 0) is 44.2 Å². The molecular formula is C37H61N3O2+2. The van der Waals surface area contributed by atoms with E-state index in [2.05, 4.69) is 46.7 Å². The lowest BCUT2D eigenvalue weighted by Crippen LogP contribution is -2.50. The van der Waals surface area contributed by atoms with Gasteiger partial charge in [-0.1, -0.05) is 108 Å². The van der Waals surface area contributed by atoms with Crippen molar-refractivity contribution in [2.75, 3.05) is 26.9 Å². The van der Waals surface area contributed by atoms with Crippen LogP contribution in [0.4, 0.5) is 0 Å². The molecule has 0 aliphatic rings. The van der Waals surface area contributed by atoms with Crippen molar-refractivity contribution in [2.45, 2.75) is 135 Å². The highest BCUT2D eigenvalue weighted by atomic mass is 16.5. The van der Waals surface area contributed by atoms with E-state index in [1.165, 1.54) is 134 Å². The first-order valence-electron chi connectivity index (χ1n) is 17.5. The van der Waals surface area contributed by atoms with E-state index in [4.69, 9.17) is 14.5 Å². The van der Waals surface area contributed by atoms with Gasteiger partial charge in [0.15, 0.2) is 11.3 Å². The van der Waals surface area contributed by atoms with Crippen LogP contribution < -0.4 is 15.0 Å². The standard InChI is InChI=1S/C37H60N3O2/c1-41-36-28-24-27-35-37(36)39-33-25-18-19-26-34(33)40(35)30-21-15-11-7-3-5-9-13-17-23-32-42-31-22-16-12-8-4-2-6-10-14-20-29-38/h18-19,24-28H,2-17,20-23,29-32,38H2,1H3/q+1/p+1. The smallest absolute Gasteiger partial charge is 0.235 e. The van der Waals surface area contributed by atoms with Gasteiger partial charge in [-0.3, -0.25) is 0 Å². The van der Waals surface area contributed by atoms with Crippen LogP contribution in [-0.4, -0.2) is 31.9 Å². The Labute approximate surface area is 256 Å². The maximum absolute atomic E-state index is 5.87. The Balaban J connectivity index is 1.12. The van der Waals surface area contributed by atoms with Crippen LogP contribution in [0.25, 0.3) is 22.1 Å². The molecule has 1 aromatic heterocycles. The number of ether oxygens (including phenoxy) is 2. The monoisotopic (exact) mass is 579 g/mol. The van der Waals surface area contributed by atoms with Crippen molar-refractivity contribution in [2.24, 2.45) is 0 Å². The average molecular weight is 580 g/mol. The van der Waals surface area contributed by atoms with Gasteiger partial charge in [0.2, 0.25) is 11.0 Å². The molecule has 3 N–H and O–H groups in total. The molecule has 42 heavy (non-hydrogen) atoms. The Kier molecular flexibility index (Phi) is 18.2. The summed E-state index contributed by atoms with van der Waals surface area (Å²) in [6.07, 6.45) is 26.9. The normalized spacial score (nSPS) is 11.6. The van der Waals surface area contributed by atoms with Gasteiger partial charge >= 0.3 is 0 Å². The number of para-hydroxylation sites is 3. The Hall–Kier alpha value is -2.24. The van der Waals surface area contributed by atoms with Crippen LogP contribution in [0.15, 0.2) is 42.5 Å². The number of rotatable bonds is 26. The molecule has 2 aromatic carbocycles. The van der Waals surface area contributed by atoms with Gasteiger partial charge in [0.05, 0.1) is 13.7 Å². The summed E-state index contributed by atoms with van der Waals surface area (Å²) in [5.74, 6) is 0.845. The van der Waals surface area contributed by atoms with Crippen LogP contribution in [0.5, 0.6) is 5.75 Å². The summed E-state index contributed by atoms with van der Waals surface area (Å²) in [5.41, 5.74) is 8.27. The molecule has 1 heterocycles. The number of benzene rings is 2. The van der Waals surface area contributed by atoms with E-state index in [0.717, 1.165) is 48.6 Å². The molecule has 0 saturated heterocycles. The van der Waals surface area contributed by atoms with Crippen molar-refractivity contribution in [3.05, 3.63) is 42.5 Å². The molecule has 0 spiro atoms. The number of unbranched alkanes of at least 4 members (excludes halogenated alkanes) is 18. The highest BCUT2D eigenvalue weighted by molar-refractivity contribution is 5.85. The fourth-order valence-corrected chi connectivity index (χ4v) is 6.07. The average Bonchev–Trinajstić information content (AvgIpc) is 3.02. The second-order valence-electron chi connectivity index (χ2n) is 12.1. The topological polar surface area (TPSA) is 62.9 Å². The predicted molar refractivity (Wildman–Crippen MR) is 177 cm³/mol. The van der Waals surface area contributed by atoms with Gasteiger partial charge in [-0.25, -0.2) is 4.98 Å². The number of nitrogens with zero attached hydrogens (tertiary/aromatic N) is 2. The SMILES string of the molecule is COc1cccc2c1nc1ccccc1[n+]2CCCCCCCCCCCCOCCCCCCCCCCCC[NH3+]. The number of methoxy groups -OCH3 is 1. The molecule has 0 radical (unpaired) electrons. The van der Waals surface area contributed by atoms with E-state index in [1.807, 2.05) is 6.07 Å². The highest BCUT2D eigenvalue weighted by Crippen LogP contribution is 2.24. The van der Waals surface area contributed by atoms with E-state index >= 15 is 0 Å². The fourth-order valence-electron chi connectivity index (χ4n) is 6.07. The maximum Gasteiger partial charge on any atom is 0.235 e. The van der Waals surface area contributed by atoms with Crippen molar-refractivity contribution in [3.8, 4) is 5.75 Å². The molecule has 3 rings (SSSR count). The Bertz CT molecular complexity index is 1100. The van der Waals surface area contributed by atoms with Crippen LogP contribution in [0.2, 0.25) is 0 Å². The van der Waals surface area contributed by atoms with Crippen molar-refractivity contribution >= 4 is 22.1 Å². The zero-order chi connectivity index (χ0) is 29.5. The van der Waals surface area contributed by atoms with Crippen LogP contribution in [0.1, 0.15) is 128 Å². The molecule has 234 valence electrons. The number of hydrogen-bond donors (Lipinski definition) is 1. The number of fused-ring (bicyclic) bond motifs is 2. The van der Waals surface area contributed by atoms with Gasteiger partial charge < -0.3 is 15.2 Å². The van der Waals surface area contributed by atoms with E-state index in [9.17, 15) is 0 Å². The number of hydrogen-bond acceptors (Lipinski definition) is 3. The quantitative estimate of drug-likeness (QED) is 0.0587. The first-order valence-corrected chi connectivity index (χ1v) is 17.5. The Morgan fingerprint density at radius 1 is 0.571 bits per heavy atom. The second-order valence-corrected chi connectivity index (χ2v) is 12.1. The molecule has 0 atom stereocenters. The van der Waals surface area contributed by atoms with Crippen LogP contribution >= 0.6 is 0 Å². The first-order chi connectivity index (χ1) is 20.8. The summed E-state index contributed by atoms with van der Waals surface area (Å²) in [7, 11) is 1.73. The largest absolute Gasteiger partial charge is 0.494 e. The minimum atomic E-state index is 0.845. The number of quaternary nitrogens is 1. The summed E-state index contributed by atoms with van der Waals surface area (Å²) in [6.45, 7) is 4.05. The first kappa shape index (κ1) is 34.3. The third-order valence-corrected chi connectivity index (χ3v) is 8.60. The molecule has 0 aliphatic carbocycles. The predicted octanol–water partition coefficient (Wildman–Crippen LogP) is 8.74. The maximum atomic E-state index is 5.87. The van der Waals surface area contributed by atoms with Gasteiger partial charge in [0.25, 0.3) is 0 Å². The molecule has 5 heteroatoms. The molecule has 0 amide bonds. The molecule has 0 aliphatic heterocycles. The molecule has 0 bridgehead atoms. The minimum Gasteiger partial charge on any atom is -0.494 e. The molecular weight excluding hydrogens is 518 g/mol. The van der Waals surface area contributed by atoms with Crippen LogP contribution in [0.3, 0.4) is 0 Å².